The Balaban J connectivity index is 2.49. The lowest BCUT2D eigenvalue weighted by Gasteiger charge is -2.22. The van der Waals surface area contributed by atoms with Gasteiger partial charge in [0.05, 0.1) is 13.2 Å². The van der Waals surface area contributed by atoms with Crippen LogP contribution in [-0.4, -0.2) is 36.4 Å². The van der Waals surface area contributed by atoms with Crippen LogP contribution in [0, 0.1) is 0 Å². The van der Waals surface area contributed by atoms with E-state index >= 15 is 0 Å². The van der Waals surface area contributed by atoms with Crippen LogP contribution in [0.5, 0.6) is 0 Å². The molecule has 0 radical (unpaired) electrons. The number of aliphatic hydroxyl groups excluding tert-OH is 1. The molecule has 0 aliphatic rings. The van der Waals surface area contributed by atoms with Gasteiger partial charge in [0.2, 0.25) is 0 Å². The number of methoxy groups -OCH3 is 1. The molecule has 1 aromatic rings. The Labute approximate surface area is 149 Å². The van der Waals surface area contributed by atoms with E-state index in [1.165, 1.54) is 7.11 Å². The standard InChI is InChI=1S/C19H29NO5/c1-3-4-5-6-10-13-16(17(21)18(22)24-2)20-19(23)25-14-15-11-8-7-9-12-15/h7-9,11-12,16-17,21H,3-6,10,13-14H2,1-2H3,(H,20,23)/t16-,17+/m1/s1. The van der Waals surface area contributed by atoms with Crippen molar-refractivity contribution in [3.8, 4) is 0 Å². The molecule has 0 aliphatic carbocycles. The molecule has 1 aromatic carbocycles. The molecule has 0 saturated heterocycles. The summed E-state index contributed by atoms with van der Waals surface area (Å²) in [5.41, 5.74) is 0.863. The number of benzene rings is 1. The second-order valence-electron chi connectivity index (χ2n) is 5.98. The number of carbonyl (C=O) groups is 2. The van der Waals surface area contributed by atoms with Crippen molar-refractivity contribution in [2.45, 2.75) is 64.2 Å². The summed E-state index contributed by atoms with van der Waals surface area (Å²) in [5.74, 6) is -0.762. The minimum atomic E-state index is -1.40. The number of ether oxygens (including phenoxy) is 2. The van der Waals surface area contributed by atoms with Gasteiger partial charge in [-0.15, -0.1) is 0 Å². The van der Waals surface area contributed by atoms with Crippen LogP contribution in [0.3, 0.4) is 0 Å². The van der Waals surface area contributed by atoms with Crippen molar-refractivity contribution < 1.29 is 24.2 Å². The Hall–Kier alpha value is -2.08. The quantitative estimate of drug-likeness (QED) is 0.472. The number of carbonyl (C=O) groups excluding carboxylic acids is 2. The van der Waals surface area contributed by atoms with Gasteiger partial charge in [0.1, 0.15) is 6.61 Å². The topological polar surface area (TPSA) is 84.9 Å². The number of hydrogen-bond donors (Lipinski definition) is 2. The zero-order chi connectivity index (χ0) is 18.5. The van der Waals surface area contributed by atoms with Gasteiger partial charge < -0.3 is 19.9 Å². The fourth-order valence-corrected chi connectivity index (χ4v) is 2.48. The molecule has 1 rings (SSSR count). The van der Waals surface area contributed by atoms with Gasteiger partial charge in [-0.2, -0.15) is 0 Å². The fraction of sp³-hybridized carbons (Fsp3) is 0.579. The summed E-state index contributed by atoms with van der Waals surface area (Å²) >= 11 is 0. The molecule has 0 heterocycles. The van der Waals surface area contributed by atoms with Crippen LogP contribution in [0.2, 0.25) is 0 Å². The van der Waals surface area contributed by atoms with Crippen molar-refractivity contribution >= 4 is 12.1 Å². The van der Waals surface area contributed by atoms with E-state index in [2.05, 4.69) is 17.0 Å². The summed E-state index contributed by atoms with van der Waals surface area (Å²) in [5, 5.41) is 12.7. The van der Waals surface area contributed by atoms with Crippen molar-refractivity contribution in [2.75, 3.05) is 7.11 Å². The number of alkyl carbamates (subject to hydrolysis) is 1. The van der Waals surface area contributed by atoms with Crippen LogP contribution < -0.4 is 5.32 Å². The summed E-state index contributed by atoms with van der Waals surface area (Å²) in [6.45, 7) is 2.26. The summed E-state index contributed by atoms with van der Waals surface area (Å²) in [6, 6.07) is 8.57. The number of hydrogen-bond acceptors (Lipinski definition) is 5. The average molecular weight is 351 g/mol. The van der Waals surface area contributed by atoms with Crippen molar-refractivity contribution in [3.63, 3.8) is 0 Å². The molecule has 0 aliphatic heterocycles. The van der Waals surface area contributed by atoms with E-state index in [4.69, 9.17) is 4.74 Å². The van der Waals surface area contributed by atoms with Crippen LogP contribution >= 0.6 is 0 Å². The molecule has 25 heavy (non-hydrogen) atoms. The van der Waals surface area contributed by atoms with Crippen LogP contribution in [-0.2, 0) is 20.9 Å². The SMILES string of the molecule is CCCCCCC[C@@H](NC(=O)OCc1ccccc1)[C@H](O)C(=O)OC. The Morgan fingerprint density at radius 2 is 1.80 bits per heavy atom. The van der Waals surface area contributed by atoms with Gasteiger partial charge in [0.25, 0.3) is 0 Å². The largest absolute Gasteiger partial charge is 0.467 e. The zero-order valence-electron chi connectivity index (χ0n) is 15.1. The highest BCUT2D eigenvalue weighted by molar-refractivity contribution is 5.76. The van der Waals surface area contributed by atoms with E-state index in [0.717, 1.165) is 37.7 Å². The number of nitrogens with one attached hydrogen (secondary N) is 1. The minimum absolute atomic E-state index is 0.129. The zero-order valence-corrected chi connectivity index (χ0v) is 15.1. The molecule has 140 valence electrons. The second kappa shape index (κ2) is 12.3. The number of rotatable bonds is 11. The van der Waals surface area contributed by atoms with Crippen LogP contribution in [0.25, 0.3) is 0 Å². The maximum absolute atomic E-state index is 12.0. The fourth-order valence-electron chi connectivity index (χ4n) is 2.48. The summed E-state index contributed by atoms with van der Waals surface area (Å²) in [6.07, 6.45) is 3.59. The third kappa shape index (κ3) is 8.54. The lowest BCUT2D eigenvalue weighted by Crippen LogP contribution is -2.47. The number of unbranched alkanes of at least 4 members (excludes halogenated alkanes) is 4. The molecule has 0 spiro atoms. The first kappa shape index (κ1) is 21.0. The third-order valence-electron chi connectivity index (χ3n) is 3.96. The van der Waals surface area contributed by atoms with Gasteiger partial charge >= 0.3 is 12.1 Å². The normalized spacial score (nSPS) is 12.9. The molecular weight excluding hydrogens is 322 g/mol. The Kier molecular flexibility index (Phi) is 10.3. The molecule has 2 atom stereocenters. The van der Waals surface area contributed by atoms with Crippen LogP contribution in [0.15, 0.2) is 30.3 Å². The van der Waals surface area contributed by atoms with Gasteiger partial charge in [-0.3, -0.25) is 0 Å². The maximum Gasteiger partial charge on any atom is 0.407 e. The smallest absolute Gasteiger partial charge is 0.407 e. The maximum atomic E-state index is 12.0. The summed E-state index contributed by atoms with van der Waals surface area (Å²) < 4.78 is 9.72. The van der Waals surface area contributed by atoms with Gasteiger partial charge in [-0.05, 0) is 12.0 Å². The molecule has 1 amide bonds. The lowest BCUT2D eigenvalue weighted by atomic mass is 10.0. The van der Waals surface area contributed by atoms with E-state index in [1.807, 2.05) is 30.3 Å². The van der Waals surface area contributed by atoms with Gasteiger partial charge in [-0.25, -0.2) is 9.59 Å². The van der Waals surface area contributed by atoms with Gasteiger partial charge in [-0.1, -0.05) is 69.4 Å². The van der Waals surface area contributed by atoms with E-state index in [-0.39, 0.29) is 6.61 Å². The first-order valence-corrected chi connectivity index (χ1v) is 8.81. The highest BCUT2D eigenvalue weighted by Crippen LogP contribution is 2.11. The van der Waals surface area contributed by atoms with E-state index in [0.29, 0.717) is 6.42 Å². The van der Waals surface area contributed by atoms with E-state index in [1.54, 1.807) is 0 Å². The van der Waals surface area contributed by atoms with E-state index < -0.39 is 24.2 Å². The Bertz CT molecular complexity index is 506. The molecule has 0 bridgehead atoms. The van der Waals surface area contributed by atoms with Crippen molar-refractivity contribution in [1.82, 2.24) is 5.32 Å². The molecule has 0 unspecified atom stereocenters. The molecular formula is C19H29NO5. The van der Waals surface area contributed by atoms with Crippen molar-refractivity contribution in [3.05, 3.63) is 35.9 Å². The Morgan fingerprint density at radius 1 is 1.12 bits per heavy atom. The predicted molar refractivity (Wildman–Crippen MR) is 94.9 cm³/mol. The van der Waals surface area contributed by atoms with Crippen LogP contribution in [0.4, 0.5) is 4.79 Å². The molecule has 0 saturated carbocycles. The van der Waals surface area contributed by atoms with E-state index in [9.17, 15) is 14.7 Å². The summed E-state index contributed by atoms with van der Waals surface area (Å²) in [4.78, 5) is 23.6. The van der Waals surface area contributed by atoms with Crippen molar-refractivity contribution in [2.24, 2.45) is 0 Å². The lowest BCUT2D eigenvalue weighted by molar-refractivity contribution is -0.152. The molecule has 0 aromatic heterocycles. The minimum Gasteiger partial charge on any atom is -0.467 e. The van der Waals surface area contributed by atoms with Gasteiger partial charge in [0.15, 0.2) is 6.10 Å². The number of amides is 1. The second-order valence-corrected chi connectivity index (χ2v) is 5.98. The monoisotopic (exact) mass is 351 g/mol. The first-order chi connectivity index (χ1) is 12.1. The van der Waals surface area contributed by atoms with Gasteiger partial charge in [0, 0.05) is 0 Å². The number of aliphatic hydroxyl groups is 1. The molecule has 2 N–H and O–H groups in total. The third-order valence-corrected chi connectivity index (χ3v) is 3.96. The molecule has 6 heteroatoms. The van der Waals surface area contributed by atoms with Crippen molar-refractivity contribution in [1.29, 1.82) is 0 Å². The Morgan fingerprint density at radius 3 is 2.44 bits per heavy atom. The molecule has 0 fully saturated rings. The first-order valence-electron chi connectivity index (χ1n) is 8.81. The highest BCUT2D eigenvalue weighted by atomic mass is 16.6. The number of esters is 1. The average Bonchev–Trinajstić information content (AvgIpc) is 2.64. The predicted octanol–water partition coefficient (Wildman–Crippen LogP) is 3.18. The van der Waals surface area contributed by atoms with Crippen LogP contribution in [0.1, 0.15) is 51.0 Å². The molecule has 6 nitrogen and oxygen atoms in total. The highest BCUT2D eigenvalue weighted by Gasteiger charge is 2.28. The summed E-state index contributed by atoms with van der Waals surface area (Å²) in [7, 11) is 1.21.